The summed E-state index contributed by atoms with van der Waals surface area (Å²) in [6.45, 7) is 5.17. The van der Waals surface area contributed by atoms with Gasteiger partial charge in [0.05, 0.1) is 11.6 Å². The monoisotopic (exact) mass is 284 g/mol. The van der Waals surface area contributed by atoms with Gasteiger partial charge >= 0.3 is 0 Å². The zero-order valence-corrected chi connectivity index (χ0v) is 13.8. The number of hydrogen-bond acceptors (Lipinski definition) is 3. The van der Waals surface area contributed by atoms with Crippen molar-refractivity contribution in [2.45, 2.75) is 103 Å². The van der Waals surface area contributed by atoms with Crippen LogP contribution in [0.15, 0.2) is 0 Å². The molecule has 3 heteroatoms. The van der Waals surface area contributed by atoms with Crippen LogP contribution in [0.1, 0.15) is 90.9 Å². The Labute approximate surface area is 126 Å². The maximum absolute atomic E-state index is 6.18. The largest absolute Gasteiger partial charge is 0.374 e. The minimum absolute atomic E-state index is 0.00513. The standard InChI is InChI=1S/C17H36N2O/c1-3-5-6-7-8-10-13-16(19-18)17(20-4-2)14-11-9-12-15-17/h16,19H,3-15,18H2,1-2H3. The summed E-state index contributed by atoms with van der Waals surface area (Å²) in [4.78, 5) is 0. The van der Waals surface area contributed by atoms with Crippen molar-refractivity contribution >= 4 is 0 Å². The van der Waals surface area contributed by atoms with Crippen LogP contribution in [0.25, 0.3) is 0 Å². The van der Waals surface area contributed by atoms with Crippen LogP contribution in [-0.2, 0) is 4.74 Å². The van der Waals surface area contributed by atoms with E-state index in [1.54, 1.807) is 0 Å². The topological polar surface area (TPSA) is 47.3 Å². The lowest BCUT2D eigenvalue weighted by Gasteiger charge is -2.43. The number of hydrazine groups is 1. The molecule has 0 aromatic rings. The van der Waals surface area contributed by atoms with Crippen molar-refractivity contribution in [3.8, 4) is 0 Å². The number of unbranched alkanes of at least 4 members (excludes halogenated alkanes) is 5. The second kappa shape index (κ2) is 10.6. The van der Waals surface area contributed by atoms with Crippen LogP contribution in [0.4, 0.5) is 0 Å². The molecule has 1 rings (SSSR count). The first kappa shape index (κ1) is 17.9. The molecule has 1 aliphatic rings. The van der Waals surface area contributed by atoms with E-state index in [2.05, 4.69) is 19.3 Å². The molecular formula is C17H36N2O. The molecule has 0 saturated heterocycles. The van der Waals surface area contributed by atoms with Gasteiger partial charge in [-0.2, -0.15) is 0 Å². The Hall–Kier alpha value is -0.120. The van der Waals surface area contributed by atoms with Crippen molar-refractivity contribution < 1.29 is 4.74 Å². The van der Waals surface area contributed by atoms with Gasteiger partial charge in [-0.3, -0.25) is 11.3 Å². The molecule has 0 aliphatic heterocycles. The SMILES string of the molecule is CCCCCCCCC(NN)C1(OCC)CCCCC1. The fourth-order valence-electron chi connectivity index (χ4n) is 3.66. The minimum Gasteiger partial charge on any atom is -0.374 e. The predicted molar refractivity (Wildman–Crippen MR) is 86.5 cm³/mol. The maximum Gasteiger partial charge on any atom is 0.0848 e. The Balaban J connectivity index is 2.37. The average molecular weight is 284 g/mol. The minimum atomic E-state index is 0.00513. The molecule has 1 saturated carbocycles. The quantitative estimate of drug-likeness (QED) is 0.338. The average Bonchev–Trinajstić information content (AvgIpc) is 2.48. The predicted octanol–water partition coefficient (Wildman–Crippen LogP) is 4.31. The van der Waals surface area contributed by atoms with Gasteiger partial charge in [-0.1, -0.05) is 64.7 Å². The molecule has 0 aromatic carbocycles. The van der Waals surface area contributed by atoms with E-state index >= 15 is 0 Å². The van der Waals surface area contributed by atoms with Gasteiger partial charge in [0, 0.05) is 6.61 Å². The molecule has 0 amide bonds. The summed E-state index contributed by atoms with van der Waals surface area (Å²) in [5.41, 5.74) is 3.08. The third-order valence-corrected chi connectivity index (χ3v) is 4.81. The van der Waals surface area contributed by atoms with Crippen molar-refractivity contribution in [1.29, 1.82) is 0 Å². The lowest BCUT2D eigenvalue weighted by molar-refractivity contribution is -0.0919. The summed E-state index contributed by atoms with van der Waals surface area (Å²) in [5, 5.41) is 0. The number of ether oxygens (including phenoxy) is 1. The molecule has 1 atom stereocenters. The van der Waals surface area contributed by atoms with Crippen molar-refractivity contribution in [2.75, 3.05) is 6.61 Å². The fraction of sp³-hybridized carbons (Fsp3) is 1.00. The molecule has 1 fully saturated rings. The Morgan fingerprint density at radius 1 is 1.00 bits per heavy atom. The van der Waals surface area contributed by atoms with Gasteiger partial charge in [-0.05, 0) is 26.2 Å². The Kier molecular flexibility index (Phi) is 9.49. The van der Waals surface area contributed by atoms with Gasteiger partial charge in [-0.15, -0.1) is 0 Å². The number of hydrogen-bond donors (Lipinski definition) is 2. The highest BCUT2D eigenvalue weighted by molar-refractivity contribution is 4.94. The van der Waals surface area contributed by atoms with Gasteiger partial charge in [-0.25, -0.2) is 0 Å². The molecule has 0 heterocycles. The van der Waals surface area contributed by atoms with Crippen LogP contribution in [-0.4, -0.2) is 18.2 Å². The number of nitrogens with two attached hydrogens (primary N) is 1. The Morgan fingerprint density at radius 2 is 1.65 bits per heavy atom. The van der Waals surface area contributed by atoms with Gasteiger partial charge < -0.3 is 4.74 Å². The van der Waals surface area contributed by atoms with Crippen molar-refractivity contribution in [3.63, 3.8) is 0 Å². The summed E-state index contributed by atoms with van der Waals surface area (Å²) in [6, 6.07) is 0.328. The summed E-state index contributed by atoms with van der Waals surface area (Å²) in [7, 11) is 0. The van der Waals surface area contributed by atoms with Crippen molar-refractivity contribution in [1.82, 2.24) is 5.43 Å². The summed E-state index contributed by atoms with van der Waals surface area (Å²) in [6.07, 6.45) is 15.5. The van der Waals surface area contributed by atoms with E-state index < -0.39 is 0 Å². The van der Waals surface area contributed by atoms with Crippen LogP contribution in [0.2, 0.25) is 0 Å². The molecule has 3 nitrogen and oxygen atoms in total. The van der Waals surface area contributed by atoms with Gasteiger partial charge in [0.1, 0.15) is 0 Å². The first-order chi connectivity index (χ1) is 9.79. The molecule has 20 heavy (non-hydrogen) atoms. The molecule has 3 N–H and O–H groups in total. The van der Waals surface area contributed by atoms with Crippen LogP contribution >= 0.6 is 0 Å². The summed E-state index contributed by atoms with van der Waals surface area (Å²) in [5.74, 6) is 5.85. The third kappa shape index (κ3) is 5.71. The summed E-state index contributed by atoms with van der Waals surface area (Å²) < 4.78 is 6.18. The molecular weight excluding hydrogens is 248 g/mol. The number of rotatable bonds is 11. The molecule has 0 aromatic heterocycles. The Morgan fingerprint density at radius 3 is 2.25 bits per heavy atom. The van der Waals surface area contributed by atoms with Crippen LogP contribution in [0.5, 0.6) is 0 Å². The van der Waals surface area contributed by atoms with E-state index in [1.807, 2.05) is 0 Å². The highest BCUT2D eigenvalue weighted by Crippen LogP contribution is 2.36. The van der Waals surface area contributed by atoms with Gasteiger partial charge in [0.25, 0.3) is 0 Å². The number of nitrogens with one attached hydrogen (secondary N) is 1. The zero-order valence-electron chi connectivity index (χ0n) is 13.8. The highest BCUT2D eigenvalue weighted by atomic mass is 16.5. The Bertz CT molecular complexity index is 222. The molecule has 0 radical (unpaired) electrons. The first-order valence-corrected chi connectivity index (χ1v) is 8.89. The van der Waals surface area contributed by atoms with Crippen molar-refractivity contribution in [2.24, 2.45) is 5.84 Å². The third-order valence-electron chi connectivity index (χ3n) is 4.81. The molecule has 120 valence electrons. The normalized spacial score (nSPS) is 19.9. The maximum atomic E-state index is 6.18. The van der Waals surface area contributed by atoms with Gasteiger partial charge in [0.15, 0.2) is 0 Å². The van der Waals surface area contributed by atoms with E-state index in [9.17, 15) is 0 Å². The molecule has 0 spiro atoms. The lowest BCUT2D eigenvalue weighted by atomic mass is 9.77. The van der Waals surface area contributed by atoms with E-state index in [1.165, 1.54) is 70.6 Å². The van der Waals surface area contributed by atoms with Crippen LogP contribution in [0, 0.1) is 0 Å². The lowest BCUT2D eigenvalue weighted by Crippen LogP contribution is -2.55. The van der Waals surface area contributed by atoms with E-state index in [-0.39, 0.29) is 5.60 Å². The second-order valence-electron chi connectivity index (χ2n) is 6.33. The molecule has 1 unspecified atom stereocenters. The molecule has 1 aliphatic carbocycles. The fourth-order valence-corrected chi connectivity index (χ4v) is 3.66. The van der Waals surface area contributed by atoms with Crippen LogP contribution in [0.3, 0.4) is 0 Å². The highest BCUT2D eigenvalue weighted by Gasteiger charge is 2.39. The van der Waals surface area contributed by atoms with E-state index in [0.717, 1.165) is 13.0 Å². The second-order valence-corrected chi connectivity index (χ2v) is 6.33. The first-order valence-electron chi connectivity index (χ1n) is 8.89. The smallest absolute Gasteiger partial charge is 0.0848 e. The summed E-state index contributed by atoms with van der Waals surface area (Å²) >= 11 is 0. The van der Waals surface area contributed by atoms with Crippen molar-refractivity contribution in [3.05, 3.63) is 0 Å². The van der Waals surface area contributed by atoms with E-state index in [4.69, 9.17) is 10.6 Å². The van der Waals surface area contributed by atoms with Gasteiger partial charge in [0.2, 0.25) is 0 Å². The molecule has 0 bridgehead atoms. The van der Waals surface area contributed by atoms with E-state index in [0.29, 0.717) is 6.04 Å². The van der Waals surface area contributed by atoms with Crippen LogP contribution < -0.4 is 11.3 Å². The zero-order chi connectivity index (χ0) is 14.7.